The summed E-state index contributed by atoms with van der Waals surface area (Å²) < 4.78 is 6.63. The number of esters is 1. The van der Waals surface area contributed by atoms with Gasteiger partial charge in [0.15, 0.2) is 0 Å². The van der Waals surface area contributed by atoms with Gasteiger partial charge >= 0.3 is 11.7 Å². The fourth-order valence-corrected chi connectivity index (χ4v) is 6.98. The molecule has 0 spiro atoms. The highest BCUT2D eigenvalue weighted by molar-refractivity contribution is 7.13. The number of rotatable bonds is 7. The molecule has 4 N–H and O–H groups in total. The second-order valence-corrected chi connectivity index (χ2v) is 13.0. The number of carbonyl (C=O) groups is 2. The van der Waals surface area contributed by atoms with Gasteiger partial charge in [0.2, 0.25) is 5.91 Å². The molecule has 1 aromatic carbocycles. The highest BCUT2D eigenvalue weighted by atomic mass is 32.1. The van der Waals surface area contributed by atoms with Crippen LogP contribution >= 0.6 is 11.3 Å². The van der Waals surface area contributed by atoms with E-state index in [1.807, 2.05) is 50.5 Å². The Kier molecular flexibility index (Phi) is 11.4. The Morgan fingerprint density at radius 3 is 2.53 bits per heavy atom. The number of hydrogen-bond donors (Lipinski definition) is 3. The number of imidazole rings is 1. The van der Waals surface area contributed by atoms with E-state index in [9.17, 15) is 14.4 Å². The van der Waals surface area contributed by atoms with Crippen molar-refractivity contribution in [1.82, 2.24) is 19.9 Å². The van der Waals surface area contributed by atoms with Gasteiger partial charge in [-0.15, -0.1) is 17.9 Å². The third kappa shape index (κ3) is 8.03. The number of ether oxygens (including phenoxy) is 1. The number of nitrogens with zero attached hydrogens (tertiary/aromatic N) is 2. The number of benzene rings is 1. The maximum atomic E-state index is 12.3. The van der Waals surface area contributed by atoms with Crippen molar-refractivity contribution in [3.8, 4) is 10.6 Å². The molecular weight excluding hydrogens is 562 g/mol. The molecule has 1 amide bonds. The molecule has 2 saturated carbocycles. The number of thiazole rings is 1. The van der Waals surface area contributed by atoms with Crippen LogP contribution in [0.15, 0.2) is 41.0 Å². The molecule has 0 radical (unpaired) electrons. The van der Waals surface area contributed by atoms with Crippen molar-refractivity contribution in [3.05, 3.63) is 52.4 Å². The third-order valence-electron chi connectivity index (χ3n) is 8.62. The van der Waals surface area contributed by atoms with Crippen LogP contribution in [0.5, 0.6) is 0 Å². The molecule has 43 heavy (non-hydrogen) atoms. The Balaban J connectivity index is 0.000000183. The second kappa shape index (κ2) is 15.0. The van der Waals surface area contributed by atoms with Crippen molar-refractivity contribution in [2.45, 2.75) is 90.6 Å². The van der Waals surface area contributed by atoms with Gasteiger partial charge in [-0.25, -0.2) is 9.78 Å². The van der Waals surface area contributed by atoms with Crippen molar-refractivity contribution < 1.29 is 14.3 Å². The molecule has 9 nitrogen and oxygen atoms in total. The SMILES string of the molecule is C=CC1CC1C(=O)OCC.CC(C)n1c(=O)[nH]c2c(-c3nc(C4CCCCC4)cs3)cccc21.CC1CCNC1C(N)=O. The molecule has 3 aromatic rings. The summed E-state index contributed by atoms with van der Waals surface area (Å²) in [6, 6.07) is 6.14. The standard InChI is InChI=1S/C19H23N3OS.C8H12O2.C6H12N2O/c1-12(2)22-16-10-6-9-14(17(16)21-19(22)23)18-20-15(11-24-18)13-7-4-3-5-8-13;1-3-6-5-7(6)8(9)10-4-2;1-4-2-3-8-5(4)6(7)9/h6,9-13H,3-5,7-8H2,1-2H3,(H,21,23);3,6-7H,1,4-5H2,2H3;4-5,8H,2-3H2,1H3,(H2,7,9). The highest BCUT2D eigenvalue weighted by Crippen LogP contribution is 2.40. The summed E-state index contributed by atoms with van der Waals surface area (Å²) in [4.78, 5) is 41.7. The number of primary amides is 1. The lowest BCUT2D eigenvalue weighted by Crippen LogP contribution is -2.39. The van der Waals surface area contributed by atoms with E-state index in [0.717, 1.165) is 41.0 Å². The van der Waals surface area contributed by atoms with E-state index < -0.39 is 0 Å². The first-order valence-electron chi connectivity index (χ1n) is 15.7. The van der Waals surface area contributed by atoms with E-state index >= 15 is 0 Å². The van der Waals surface area contributed by atoms with E-state index in [2.05, 4.69) is 28.3 Å². The molecule has 3 heterocycles. The van der Waals surface area contributed by atoms with Crippen LogP contribution in [0, 0.1) is 17.8 Å². The van der Waals surface area contributed by atoms with Gasteiger partial charge in [-0.3, -0.25) is 14.2 Å². The Labute approximate surface area is 258 Å². The summed E-state index contributed by atoms with van der Waals surface area (Å²) in [6.07, 6.45) is 10.3. The number of fused-ring (bicyclic) bond motifs is 1. The van der Waals surface area contributed by atoms with Crippen LogP contribution in [0.4, 0.5) is 0 Å². The zero-order valence-corrected chi connectivity index (χ0v) is 26.8. The highest BCUT2D eigenvalue weighted by Gasteiger charge is 2.41. The molecule has 2 aromatic heterocycles. The topological polar surface area (TPSA) is 132 Å². The van der Waals surface area contributed by atoms with E-state index in [4.69, 9.17) is 15.5 Å². The molecule has 6 rings (SSSR count). The summed E-state index contributed by atoms with van der Waals surface area (Å²) >= 11 is 1.69. The second-order valence-electron chi connectivity index (χ2n) is 12.1. The summed E-state index contributed by atoms with van der Waals surface area (Å²) in [5.41, 5.74) is 9.18. The number of aromatic amines is 1. The quantitative estimate of drug-likeness (QED) is 0.225. The number of amides is 1. The van der Waals surface area contributed by atoms with Crippen molar-refractivity contribution >= 4 is 34.2 Å². The number of nitrogens with two attached hydrogens (primary N) is 1. The Bertz CT molecular complexity index is 1450. The molecule has 1 aliphatic heterocycles. The van der Waals surface area contributed by atoms with E-state index in [0.29, 0.717) is 24.4 Å². The Morgan fingerprint density at radius 1 is 1.23 bits per heavy atom. The minimum absolute atomic E-state index is 0.0449. The van der Waals surface area contributed by atoms with Crippen LogP contribution in [0.2, 0.25) is 0 Å². The van der Waals surface area contributed by atoms with Gasteiger partial charge in [-0.1, -0.05) is 38.3 Å². The van der Waals surface area contributed by atoms with Crippen LogP contribution in [0.1, 0.15) is 90.3 Å². The van der Waals surface area contributed by atoms with Crippen LogP contribution in [0.3, 0.4) is 0 Å². The lowest BCUT2D eigenvalue weighted by Gasteiger charge is -2.19. The normalized spacial score (nSPS) is 23.2. The molecule has 4 unspecified atom stereocenters. The minimum Gasteiger partial charge on any atom is -0.466 e. The predicted molar refractivity (Wildman–Crippen MR) is 173 cm³/mol. The van der Waals surface area contributed by atoms with E-state index in [1.165, 1.54) is 37.8 Å². The fraction of sp³-hybridized carbons (Fsp3) is 0.576. The lowest BCUT2D eigenvalue weighted by atomic mass is 9.87. The molecule has 1 saturated heterocycles. The molecule has 3 aliphatic rings. The predicted octanol–water partition coefficient (Wildman–Crippen LogP) is 5.92. The zero-order chi connectivity index (χ0) is 31.1. The number of aromatic nitrogens is 3. The molecule has 2 aliphatic carbocycles. The number of carbonyl (C=O) groups excluding carboxylic acids is 2. The largest absolute Gasteiger partial charge is 0.466 e. The van der Waals surface area contributed by atoms with Crippen molar-refractivity contribution in [2.75, 3.05) is 13.2 Å². The third-order valence-corrected chi connectivity index (χ3v) is 9.51. The number of nitrogens with one attached hydrogen (secondary N) is 2. The van der Waals surface area contributed by atoms with Gasteiger partial charge in [0.25, 0.3) is 0 Å². The van der Waals surface area contributed by atoms with Gasteiger partial charge in [-0.2, -0.15) is 0 Å². The van der Waals surface area contributed by atoms with Crippen molar-refractivity contribution in [1.29, 1.82) is 0 Å². The van der Waals surface area contributed by atoms with Crippen molar-refractivity contribution in [2.24, 2.45) is 23.5 Å². The molecule has 3 fully saturated rings. The summed E-state index contributed by atoms with van der Waals surface area (Å²) in [5.74, 6) is 1.26. The molecule has 234 valence electrons. The first-order valence-corrected chi connectivity index (χ1v) is 16.5. The fourth-order valence-electron chi connectivity index (χ4n) is 6.05. The van der Waals surface area contributed by atoms with Gasteiger partial charge in [-0.05, 0) is 77.0 Å². The lowest BCUT2D eigenvalue weighted by molar-refractivity contribution is -0.144. The van der Waals surface area contributed by atoms with Crippen LogP contribution in [-0.4, -0.2) is 45.6 Å². The zero-order valence-electron chi connectivity index (χ0n) is 25.9. The Morgan fingerprint density at radius 2 is 1.98 bits per heavy atom. The number of H-pyrrole nitrogens is 1. The monoisotopic (exact) mass is 609 g/mol. The van der Waals surface area contributed by atoms with Crippen LogP contribution in [0.25, 0.3) is 21.6 Å². The first kappa shape index (κ1) is 32.7. The first-order chi connectivity index (χ1) is 20.7. The average Bonchev–Trinajstić information content (AvgIpc) is 3.25. The number of hydrogen-bond acceptors (Lipinski definition) is 7. The molecule has 4 atom stereocenters. The summed E-state index contributed by atoms with van der Waals surface area (Å²) in [6.45, 7) is 12.9. The minimum atomic E-state index is -0.222. The van der Waals surface area contributed by atoms with Crippen LogP contribution in [-0.2, 0) is 14.3 Å². The van der Waals surface area contributed by atoms with Gasteiger partial charge in [0.1, 0.15) is 5.01 Å². The van der Waals surface area contributed by atoms with Crippen molar-refractivity contribution in [3.63, 3.8) is 0 Å². The van der Waals surface area contributed by atoms with Gasteiger partial charge in [0.05, 0.1) is 35.3 Å². The number of para-hydroxylation sites is 1. The van der Waals surface area contributed by atoms with Gasteiger partial charge < -0.3 is 20.8 Å². The molecule has 0 bridgehead atoms. The number of allylic oxidation sites excluding steroid dienone is 1. The Hall–Kier alpha value is -3.24. The van der Waals surface area contributed by atoms with Crippen LogP contribution < -0.4 is 16.7 Å². The van der Waals surface area contributed by atoms with E-state index in [-0.39, 0.29) is 35.6 Å². The maximum absolute atomic E-state index is 12.3. The average molecular weight is 610 g/mol. The molecule has 10 heteroatoms. The van der Waals surface area contributed by atoms with E-state index in [1.54, 1.807) is 11.3 Å². The smallest absolute Gasteiger partial charge is 0.326 e. The van der Waals surface area contributed by atoms with Gasteiger partial charge in [0, 0.05) is 22.9 Å². The maximum Gasteiger partial charge on any atom is 0.326 e. The molecular formula is C33H47N5O4S. The summed E-state index contributed by atoms with van der Waals surface area (Å²) in [7, 11) is 0. The summed E-state index contributed by atoms with van der Waals surface area (Å²) in [5, 5.41) is 6.25.